The zero-order valence-electron chi connectivity index (χ0n) is 13.0. The fourth-order valence-electron chi connectivity index (χ4n) is 2.11. The van der Waals surface area contributed by atoms with Gasteiger partial charge < -0.3 is 10.6 Å². The van der Waals surface area contributed by atoms with E-state index in [-0.39, 0.29) is 11.6 Å². The van der Waals surface area contributed by atoms with Crippen molar-refractivity contribution in [1.29, 1.82) is 0 Å². The third-order valence-corrected chi connectivity index (χ3v) is 3.39. The molecule has 2 aromatic heterocycles. The summed E-state index contributed by atoms with van der Waals surface area (Å²) in [6, 6.07) is 17.1. The maximum absolute atomic E-state index is 12.1. The number of hydrogen-bond donors (Lipinski definition) is 2. The van der Waals surface area contributed by atoms with Crippen LogP contribution in [0.3, 0.4) is 0 Å². The van der Waals surface area contributed by atoms with Gasteiger partial charge in [0.2, 0.25) is 0 Å². The van der Waals surface area contributed by atoms with Crippen LogP contribution in [0.2, 0.25) is 0 Å². The lowest BCUT2D eigenvalue weighted by molar-refractivity contribution is 0.0945. The van der Waals surface area contributed by atoms with Crippen LogP contribution < -0.4 is 10.6 Å². The predicted molar refractivity (Wildman–Crippen MR) is 91.2 cm³/mol. The van der Waals surface area contributed by atoms with E-state index in [4.69, 9.17) is 0 Å². The van der Waals surface area contributed by atoms with E-state index in [1.807, 2.05) is 42.5 Å². The number of anilines is 1. The van der Waals surface area contributed by atoms with Gasteiger partial charge in [0.1, 0.15) is 5.82 Å². The van der Waals surface area contributed by atoms with Crippen LogP contribution in [0, 0.1) is 0 Å². The molecule has 24 heavy (non-hydrogen) atoms. The average Bonchev–Trinajstić information content (AvgIpc) is 2.66. The normalized spacial score (nSPS) is 10.2. The molecular formula is C18H17N5O. The molecule has 6 heteroatoms. The maximum atomic E-state index is 12.1. The lowest BCUT2D eigenvalue weighted by atomic mass is 10.2. The molecule has 0 aliphatic heterocycles. The summed E-state index contributed by atoms with van der Waals surface area (Å²) in [7, 11) is 0. The monoisotopic (exact) mass is 319 g/mol. The fourth-order valence-corrected chi connectivity index (χ4v) is 2.11. The molecule has 6 nitrogen and oxygen atoms in total. The van der Waals surface area contributed by atoms with E-state index in [1.165, 1.54) is 0 Å². The zero-order chi connectivity index (χ0) is 16.6. The summed E-state index contributed by atoms with van der Waals surface area (Å²) >= 11 is 0. The average molecular weight is 319 g/mol. The Bertz CT molecular complexity index is 776. The van der Waals surface area contributed by atoms with E-state index in [1.54, 1.807) is 24.5 Å². The van der Waals surface area contributed by atoms with E-state index < -0.39 is 0 Å². The fraction of sp³-hybridized carbons (Fsp3) is 0.111. The molecule has 0 saturated carbocycles. The van der Waals surface area contributed by atoms with Gasteiger partial charge in [0, 0.05) is 25.5 Å². The van der Waals surface area contributed by atoms with Gasteiger partial charge in [0.15, 0.2) is 5.69 Å². The van der Waals surface area contributed by atoms with Gasteiger partial charge in [-0.05, 0) is 29.3 Å². The maximum Gasteiger partial charge on any atom is 0.272 e. The second kappa shape index (κ2) is 7.82. The van der Waals surface area contributed by atoms with Gasteiger partial charge in [0.25, 0.3) is 5.91 Å². The highest BCUT2D eigenvalue weighted by molar-refractivity contribution is 5.92. The molecule has 0 radical (unpaired) electrons. The molecule has 0 atom stereocenters. The van der Waals surface area contributed by atoms with Crippen molar-refractivity contribution in [3.8, 4) is 0 Å². The first kappa shape index (κ1) is 15.6. The highest BCUT2D eigenvalue weighted by Gasteiger charge is 2.08. The summed E-state index contributed by atoms with van der Waals surface area (Å²) in [5.74, 6) is 0.364. The van der Waals surface area contributed by atoms with Crippen molar-refractivity contribution in [2.75, 3.05) is 5.32 Å². The summed E-state index contributed by atoms with van der Waals surface area (Å²) in [4.78, 5) is 16.1. The number of rotatable bonds is 6. The number of nitrogens with zero attached hydrogens (tertiary/aromatic N) is 3. The number of hydrogen-bond acceptors (Lipinski definition) is 5. The summed E-state index contributed by atoms with van der Waals surface area (Å²) in [5.41, 5.74) is 2.36. The number of pyridine rings is 1. The standard InChI is InChI=1S/C18H17N5O/c24-18(21-13-15-7-4-10-19-11-15)16-8-9-17(23-22-16)20-12-14-5-2-1-3-6-14/h1-11H,12-13H2,(H,20,23)(H,21,24). The molecule has 0 spiro atoms. The van der Waals surface area contributed by atoms with Crippen LogP contribution >= 0.6 is 0 Å². The van der Waals surface area contributed by atoms with Crippen LogP contribution in [0.4, 0.5) is 5.82 Å². The lowest BCUT2D eigenvalue weighted by Gasteiger charge is -2.06. The number of aromatic nitrogens is 3. The summed E-state index contributed by atoms with van der Waals surface area (Å²) in [6.45, 7) is 1.06. The highest BCUT2D eigenvalue weighted by atomic mass is 16.1. The zero-order valence-corrected chi connectivity index (χ0v) is 13.0. The lowest BCUT2D eigenvalue weighted by Crippen LogP contribution is -2.24. The van der Waals surface area contributed by atoms with Crippen LogP contribution in [0.1, 0.15) is 21.6 Å². The number of amides is 1. The van der Waals surface area contributed by atoms with Gasteiger partial charge in [-0.25, -0.2) is 0 Å². The van der Waals surface area contributed by atoms with E-state index in [0.717, 1.165) is 11.1 Å². The molecule has 0 saturated heterocycles. The smallest absolute Gasteiger partial charge is 0.272 e. The summed E-state index contributed by atoms with van der Waals surface area (Å²) in [5, 5.41) is 14.0. The van der Waals surface area contributed by atoms with Gasteiger partial charge in [-0.1, -0.05) is 36.4 Å². The van der Waals surface area contributed by atoms with Crippen molar-refractivity contribution >= 4 is 11.7 Å². The predicted octanol–water partition coefficient (Wildman–Crippen LogP) is 2.41. The molecular weight excluding hydrogens is 302 g/mol. The van der Waals surface area contributed by atoms with Crippen molar-refractivity contribution in [2.45, 2.75) is 13.1 Å². The number of carbonyl (C=O) groups excluding carboxylic acids is 1. The third kappa shape index (κ3) is 4.36. The van der Waals surface area contributed by atoms with Gasteiger partial charge in [-0.3, -0.25) is 9.78 Å². The highest BCUT2D eigenvalue weighted by Crippen LogP contribution is 2.06. The first-order valence-electron chi connectivity index (χ1n) is 7.60. The molecule has 2 heterocycles. The Labute approximate surface area is 140 Å². The largest absolute Gasteiger partial charge is 0.365 e. The van der Waals surface area contributed by atoms with Gasteiger partial charge in [-0.2, -0.15) is 0 Å². The second-order valence-electron chi connectivity index (χ2n) is 5.19. The van der Waals surface area contributed by atoms with Crippen molar-refractivity contribution in [1.82, 2.24) is 20.5 Å². The van der Waals surface area contributed by atoms with E-state index in [2.05, 4.69) is 25.8 Å². The first-order chi connectivity index (χ1) is 11.8. The first-order valence-corrected chi connectivity index (χ1v) is 7.60. The van der Waals surface area contributed by atoms with E-state index >= 15 is 0 Å². The van der Waals surface area contributed by atoms with Crippen molar-refractivity contribution in [3.05, 3.63) is 83.8 Å². The minimum atomic E-state index is -0.263. The SMILES string of the molecule is O=C(NCc1cccnc1)c1ccc(NCc2ccccc2)nn1. The van der Waals surface area contributed by atoms with Crippen LogP contribution in [-0.4, -0.2) is 21.1 Å². The van der Waals surface area contributed by atoms with E-state index in [9.17, 15) is 4.79 Å². The van der Waals surface area contributed by atoms with Crippen molar-refractivity contribution in [2.24, 2.45) is 0 Å². The number of nitrogens with one attached hydrogen (secondary N) is 2. The summed E-state index contributed by atoms with van der Waals surface area (Å²) in [6.07, 6.45) is 3.40. The Kier molecular flexibility index (Phi) is 5.09. The Morgan fingerprint density at radius 3 is 2.42 bits per heavy atom. The number of carbonyl (C=O) groups is 1. The summed E-state index contributed by atoms with van der Waals surface area (Å²) < 4.78 is 0. The Morgan fingerprint density at radius 1 is 0.875 bits per heavy atom. The molecule has 3 rings (SSSR count). The molecule has 0 fully saturated rings. The van der Waals surface area contributed by atoms with Gasteiger partial charge >= 0.3 is 0 Å². The topological polar surface area (TPSA) is 79.8 Å². The molecule has 3 aromatic rings. The molecule has 0 aliphatic rings. The van der Waals surface area contributed by atoms with Crippen LogP contribution in [-0.2, 0) is 13.1 Å². The molecule has 0 aliphatic carbocycles. The van der Waals surface area contributed by atoms with Crippen LogP contribution in [0.5, 0.6) is 0 Å². The molecule has 0 unspecified atom stereocenters. The Balaban J connectivity index is 1.53. The van der Waals surface area contributed by atoms with E-state index in [0.29, 0.717) is 18.9 Å². The van der Waals surface area contributed by atoms with Crippen molar-refractivity contribution < 1.29 is 4.79 Å². The third-order valence-electron chi connectivity index (χ3n) is 3.39. The molecule has 0 bridgehead atoms. The number of benzene rings is 1. The minimum absolute atomic E-state index is 0.263. The van der Waals surface area contributed by atoms with Crippen LogP contribution in [0.25, 0.3) is 0 Å². The quantitative estimate of drug-likeness (QED) is 0.729. The van der Waals surface area contributed by atoms with Gasteiger partial charge in [0.05, 0.1) is 0 Å². The molecule has 2 N–H and O–H groups in total. The minimum Gasteiger partial charge on any atom is -0.365 e. The Morgan fingerprint density at radius 2 is 1.71 bits per heavy atom. The molecule has 1 amide bonds. The molecule has 120 valence electrons. The van der Waals surface area contributed by atoms with Crippen molar-refractivity contribution in [3.63, 3.8) is 0 Å². The second-order valence-corrected chi connectivity index (χ2v) is 5.19. The Hall–Kier alpha value is -3.28. The van der Waals surface area contributed by atoms with Gasteiger partial charge in [-0.15, -0.1) is 10.2 Å². The molecule has 1 aromatic carbocycles. The van der Waals surface area contributed by atoms with Crippen LogP contribution in [0.15, 0.2) is 67.0 Å².